The molecule has 0 spiro atoms. The van der Waals surface area contributed by atoms with Crippen LogP contribution < -0.4 is 0 Å². The van der Waals surface area contributed by atoms with Crippen molar-refractivity contribution in [2.24, 2.45) is 0 Å². The normalized spacial score (nSPS) is 18.4. The van der Waals surface area contributed by atoms with Crippen molar-refractivity contribution in [3.8, 4) is 11.8 Å². The third-order valence-corrected chi connectivity index (χ3v) is 3.30. The van der Waals surface area contributed by atoms with Crippen LogP contribution in [0.5, 0.6) is 0 Å². The van der Waals surface area contributed by atoms with E-state index in [1.54, 1.807) is 6.92 Å². The second-order valence-corrected chi connectivity index (χ2v) is 4.53. The molecule has 2 rings (SSSR count). The number of benzene rings is 1. The monoisotopic (exact) mass is 228 g/mol. The minimum atomic E-state index is -0.848. The van der Waals surface area contributed by atoms with E-state index in [4.69, 9.17) is 0 Å². The van der Waals surface area contributed by atoms with E-state index in [-0.39, 0.29) is 5.78 Å². The predicted octanol–water partition coefficient (Wildman–Crippen LogP) is 2.39. The lowest BCUT2D eigenvalue weighted by atomic mass is 9.79. The Morgan fingerprint density at radius 1 is 1.29 bits per heavy atom. The van der Waals surface area contributed by atoms with Crippen LogP contribution in [0.3, 0.4) is 0 Å². The summed E-state index contributed by atoms with van der Waals surface area (Å²) in [6, 6.07) is 7.67. The van der Waals surface area contributed by atoms with Crippen molar-refractivity contribution in [1.82, 2.24) is 0 Å². The first kappa shape index (κ1) is 11.9. The molecule has 1 N–H and O–H groups in total. The average Bonchev–Trinajstić information content (AvgIpc) is 2.34. The number of aliphatic hydroxyl groups is 1. The summed E-state index contributed by atoms with van der Waals surface area (Å²) in [5, 5.41) is 10.6. The molecule has 1 aromatic rings. The number of rotatable bonds is 1. The molecule has 0 saturated heterocycles. The lowest BCUT2D eigenvalue weighted by molar-refractivity contribution is -0.125. The third-order valence-electron chi connectivity index (χ3n) is 3.30. The van der Waals surface area contributed by atoms with Gasteiger partial charge in [0.25, 0.3) is 0 Å². The van der Waals surface area contributed by atoms with Crippen LogP contribution in [0, 0.1) is 11.8 Å². The second-order valence-electron chi connectivity index (χ2n) is 4.53. The first-order valence-corrected chi connectivity index (χ1v) is 5.91. The van der Waals surface area contributed by atoms with E-state index in [1.807, 2.05) is 24.3 Å². The van der Waals surface area contributed by atoms with Gasteiger partial charge in [-0.2, -0.15) is 0 Å². The molecule has 0 radical (unpaired) electrons. The van der Waals surface area contributed by atoms with Crippen molar-refractivity contribution >= 4 is 5.78 Å². The van der Waals surface area contributed by atoms with Crippen molar-refractivity contribution in [3.05, 3.63) is 35.4 Å². The van der Waals surface area contributed by atoms with Gasteiger partial charge in [-0.05, 0) is 37.5 Å². The quantitative estimate of drug-likeness (QED) is 0.749. The van der Waals surface area contributed by atoms with Gasteiger partial charge in [0.1, 0.15) is 5.78 Å². The molecule has 2 heteroatoms. The number of hydrogen-bond acceptors (Lipinski definition) is 2. The molecular weight excluding hydrogens is 212 g/mol. The standard InChI is InChI=1S/C15H16O2/c1-2-4-12-5-3-6-13(11-12)15(17)9-7-14(16)8-10-15/h3,5-6,11,17H,7-10H2,1H3. The molecule has 0 amide bonds. The average molecular weight is 228 g/mol. The number of Topliss-reactive ketones (excluding diaryl/α,β-unsaturated/α-hetero) is 1. The zero-order valence-corrected chi connectivity index (χ0v) is 9.99. The molecule has 1 aromatic carbocycles. The lowest BCUT2D eigenvalue weighted by Crippen LogP contribution is -2.31. The van der Waals surface area contributed by atoms with Crippen molar-refractivity contribution in [2.45, 2.75) is 38.2 Å². The summed E-state index contributed by atoms with van der Waals surface area (Å²) in [7, 11) is 0. The number of carbonyl (C=O) groups is 1. The smallest absolute Gasteiger partial charge is 0.133 e. The van der Waals surface area contributed by atoms with Gasteiger partial charge in [0.2, 0.25) is 0 Å². The summed E-state index contributed by atoms with van der Waals surface area (Å²) in [6.45, 7) is 1.79. The third kappa shape index (κ3) is 2.57. The summed E-state index contributed by atoms with van der Waals surface area (Å²) in [5.41, 5.74) is 0.944. The van der Waals surface area contributed by atoms with Gasteiger partial charge >= 0.3 is 0 Å². The van der Waals surface area contributed by atoms with Gasteiger partial charge < -0.3 is 5.11 Å². The zero-order chi connectivity index (χ0) is 12.3. The highest BCUT2D eigenvalue weighted by molar-refractivity contribution is 5.79. The van der Waals surface area contributed by atoms with Crippen LogP contribution in [0.1, 0.15) is 43.7 Å². The number of carbonyl (C=O) groups excluding carboxylic acids is 1. The van der Waals surface area contributed by atoms with Gasteiger partial charge in [0.15, 0.2) is 0 Å². The zero-order valence-electron chi connectivity index (χ0n) is 9.99. The SMILES string of the molecule is CC#Cc1cccc(C2(O)CCC(=O)CC2)c1. The Morgan fingerprint density at radius 3 is 2.65 bits per heavy atom. The van der Waals surface area contributed by atoms with Gasteiger partial charge in [-0.1, -0.05) is 18.1 Å². The Balaban J connectivity index is 2.28. The molecule has 2 nitrogen and oxygen atoms in total. The van der Waals surface area contributed by atoms with Crippen molar-refractivity contribution < 1.29 is 9.90 Å². The Kier molecular flexibility index (Phi) is 3.31. The number of hydrogen-bond donors (Lipinski definition) is 1. The van der Waals surface area contributed by atoms with Crippen molar-refractivity contribution in [2.75, 3.05) is 0 Å². The van der Waals surface area contributed by atoms with Gasteiger partial charge in [-0.25, -0.2) is 0 Å². The summed E-state index contributed by atoms with van der Waals surface area (Å²) < 4.78 is 0. The van der Waals surface area contributed by atoms with Crippen molar-refractivity contribution in [1.29, 1.82) is 0 Å². The highest BCUT2D eigenvalue weighted by Gasteiger charge is 2.33. The van der Waals surface area contributed by atoms with Crippen LogP contribution in [0.4, 0.5) is 0 Å². The maximum absolute atomic E-state index is 11.2. The van der Waals surface area contributed by atoms with E-state index in [0.29, 0.717) is 25.7 Å². The Bertz CT molecular complexity index is 481. The van der Waals surface area contributed by atoms with E-state index < -0.39 is 5.60 Å². The molecule has 0 atom stereocenters. The Morgan fingerprint density at radius 2 is 2.00 bits per heavy atom. The molecular formula is C15H16O2. The van der Waals surface area contributed by atoms with E-state index in [9.17, 15) is 9.90 Å². The molecule has 0 bridgehead atoms. The van der Waals surface area contributed by atoms with Crippen LogP contribution in [0.2, 0.25) is 0 Å². The van der Waals surface area contributed by atoms with Crippen LogP contribution in [-0.2, 0) is 10.4 Å². The minimum Gasteiger partial charge on any atom is -0.385 e. The second kappa shape index (κ2) is 4.73. The molecule has 1 aliphatic carbocycles. The molecule has 88 valence electrons. The van der Waals surface area contributed by atoms with Crippen LogP contribution in [0.15, 0.2) is 24.3 Å². The molecule has 0 aliphatic heterocycles. The summed E-state index contributed by atoms with van der Waals surface area (Å²) in [6.07, 6.45) is 1.99. The Labute approximate surface area is 102 Å². The largest absolute Gasteiger partial charge is 0.385 e. The summed E-state index contributed by atoms with van der Waals surface area (Å²) >= 11 is 0. The Hall–Kier alpha value is -1.59. The van der Waals surface area contributed by atoms with Gasteiger partial charge in [0, 0.05) is 18.4 Å². The van der Waals surface area contributed by atoms with Crippen LogP contribution in [0.25, 0.3) is 0 Å². The topological polar surface area (TPSA) is 37.3 Å². The molecule has 1 saturated carbocycles. The maximum atomic E-state index is 11.2. The highest BCUT2D eigenvalue weighted by atomic mass is 16.3. The lowest BCUT2D eigenvalue weighted by Gasteiger charge is -2.32. The van der Waals surface area contributed by atoms with E-state index in [0.717, 1.165) is 11.1 Å². The first-order valence-electron chi connectivity index (χ1n) is 5.91. The summed E-state index contributed by atoms with van der Waals surface area (Å²) in [5.74, 6) is 6.08. The van der Waals surface area contributed by atoms with E-state index in [1.165, 1.54) is 0 Å². The van der Waals surface area contributed by atoms with Gasteiger partial charge in [-0.15, -0.1) is 5.92 Å². The van der Waals surface area contributed by atoms with E-state index >= 15 is 0 Å². The fourth-order valence-electron chi connectivity index (χ4n) is 2.26. The fourth-order valence-corrected chi connectivity index (χ4v) is 2.26. The fraction of sp³-hybridized carbons (Fsp3) is 0.400. The van der Waals surface area contributed by atoms with E-state index in [2.05, 4.69) is 11.8 Å². The maximum Gasteiger partial charge on any atom is 0.133 e. The summed E-state index contributed by atoms with van der Waals surface area (Å²) in [4.78, 5) is 11.2. The minimum absolute atomic E-state index is 0.249. The number of ketones is 1. The predicted molar refractivity (Wildman–Crippen MR) is 66.4 cm³/mol. The van der Waals surface area contributed by atoms with Gasteiger partial charge in [0.05, 0.1) is 5.60 Å². The van der Waals surface area contributed by atoms with Crippen LogP contribution >= 0.6 is 0 Å². The highest BCUT2D eigenvalue weighted by Crippen LogP contribution is 2.35. The van der Waals surface area contributed by atoms with Gasteiger partial charge in [-0.3, -0.25) is 4.79 Å². The molecule has 1 fully saturated rings. The molecule has 17 heavy (non-hydrogen) atoms. The molecule has 0 heterocycles. The molecule has 0 aromatic heterocycles. The first-order chi connectivity index (χ1) is 8.14. The van der Waals surface area contributed by atoms with Crippen molar-refractivity contribution in [3.63, 3.8) is 0 Å². The van der Waals surface area contributed by atoms with Crippen LogP contribution in [-0.4, -0.2) is 10.9 Å². The molecule has 0 unspecified atom stereocenters. The molecule has 1 aliphatic rings.